The van der Waals surface area contributed by atoms with Gasteiger partial charge in [-0.2, -0.15) is 0 Å². The van der Waals surface area contributed by atoms with Crippen molar-refractivity contribution in [3.05, 3.63) is 35.4 Å². The second-order valence-electron chi connectivity index (χ2n) is 4.58. The zero-order chi connectivity index (χ0) is 11.9. The lowest BCUT2D eigenvalue weighted by atomic mass is 10.1. The van der Waals surface area contributed by atoms with Crippen molar-refractivity contribution in [1.29, 1.82) is 0 Å². The first-order chi connectivity index (χ1) is 7.45. The normalized spacial score (nSPS) is 29.1. The van der Waals surface area contributed by atoms with Gasteiger partial charge < -0.3 is 5.11 Å². The Hall–Kier alpha value is -0.870. The van der Waals surface area contributed by atoms with E-state index in [1.807, 2.05) is 31.2 Å². The molecule has 1 aliphatic carbocycles. The molecule has 0 amide bonds. The molecule has 0 saturated heterocycles. The fourth-order valence-electron chi connectivity index (χ4n) is 2.37. The third-order valence-electron chi connectivity index (χ3n) is 3.26. The van der Waals surface area contributed by atoms with E-state index in [4.69, 9.17) is 5.11 Å². The Morgan fingerprint density at radius 2 is 1.81 bits per heavy atom. The number of sulfone groups is 1. The summed E-state index contributed by atoms with van der Waals surface area (Å²) in [6.07, 6.45) is 1.24. The van der Waals surface area contributed by atoms with Crippen molar-refractivity contribution in [3.63, 3.8) is 0 Å². The summed E-state index contributed by atoms with van der Waals surface area (Å²) in [5, 5.41) is 8.76. The molecule has 0 radical (unpaired) electrons. The van der Waals surface area contributed by atoms with Crippen molar-refractivity contribution in [2.24, 2.45) is 5.92 Å². The van der Waals surface area contributed by atoms with E-state index in [0.29, 0.717) is 0 Å². The van der Waals surface area contributed by atoms with Crippen LogP contribution in [0.3, 0.4) is 0 Å². The first-order valence-corrected chi connectivity index (χ1v) is 7.27. The molecule has 1 fully saturated rings. The van der Waals surface area contributed by atoms with Gasteiger partial charge in [-0.25, -0.2) is 8.42 Å². The quantitative estimate of drug-likeness (QED) is 0.861. The van der Waals surface area contributed by atoms with Gasteiger partial charge in [-0.1, -0.05) is 29.8 Å². The van der Waals surface area contributed by atoms with Gasteiger partial charge >= 0.3 is 0 Å². The van der Waals surface area contributed by atoms with Gasteiger partial charge in [0, 0.05) is 24.7 Å². The molecular weight excluding hydrogens is 224 g/mol. The van der Waals surface area contributed by atoms with Crippen LogP contribution >= 0.6 is 0 Å². The highest BCUT2D eigenvalue weighted by atomic mass is 32.2. The van der Waals surface area contributed by atoms with Crippen LogP contribution in [0.1, 0.15) is 17.0 Å². The zero-order valence-electron chi connectivity index (χ0n) is 9.42. The van der Waals surface area contributed by atoms with Crippen molar-refractivity contribution in [1.82, 2.24) is 0 Å². The lowest BCUT2D eigenvalue weighted by Crippen LogP contribution is -2.08. The molecule has 1 N–H and O–H groups in total. The van der Waals surface area contributed by atoms with Crippen LogP contribution in [0.15, 0.2) is 24.3 Å². The number of aryl methyl sites for hydroxylation is 1. The predicted molar refractivity (Wildman–Crippen MR) is 63.1 cm³/mol. The molecule has 0 unspecified atom stereocenters. The van der Waals surface area contributed by atoms with E-state index < -0.39 is 15.1 Å². The lowest BCUT2D eigenvalue weighted by molar-refractivity contribution is 0.274. The van der Waals surface area contributed by atoms with Gasteiger partial charge in [-0.15, -0.1) is 0 Å². The molecule has 1 aromatic rings. The van der Waals surface area contributed by atoms with Gasteiger partial charge in [0.1, 0.15) is 0 Å². The molecule has 4 heteroatoms. The van der Waals surface area contributed by atoms with Crippen molar-refractivity contribution in [3.8, 4) is 0 Å². The number of rotatable bonds is 3. The highest BCUT2D eigenvalue weighted by molar-refractivity contribution is 7.91. The van der Waals surface area contributed by atoms with Gasteiger partial charge in [0.25, 0.3) is 0 Å². The third-order valence-corrected chi connectivity index (χ3v) is 4.90. The maximum Gasteiger partial charge on any atom is 0.151 e. The van der Waals surface area contributed by atoms with Gasteiger partial charge in [0.2, 0.25) is 0 Å². The van der Waals surface area contributed by atoms with Crippen LogP contribution in [0.5, 0.6) is 0 Å². The van der Waals surface area contributed by atoms with Crippen LogP contribution in [0.2, 0.25) is 0 Å². The Morgan fingerprint density at radius 1 is 1.25 bits per heavy atom. The van der Waals surface area contributed by atoms with Crippen molar-refractivity contribution >= 4 is 9.84 Å². The SMILES string of the molecule is Cc1ccc([C@H]2[C@H](CO)[C@@H]2S(C)(=O)=O)cc1. The van der Waals surface area contributed by atoms with Crippen molar-refractivity contribution in [2.75, 3.05) is 12.9 Å². The lowest BCUT2D eigenvalue weighted by Gasteiger charge is -2.00. The molecule has 2 rings (SSSR count). The van der Waals surface area contributed by atoms with Crippen molar-refractivity contribution in [2.45, 2.75) is 18.1 Å². The minimum absolute atomic E-state index is 0.0272. The van der Waals surface area contributed by atoms with Crippen LogP contribution in [-0.4, -0.2) is 31.6 Å². The van der Waals surface area contributed by atoms with E-state index in [1.54, 1.807) is 0 Å². The van der Waals surface area contributed by atoms with E-state index in [1.165, 1.54) is 6.26 Å². The Bertz CT molecular complexity index is 475. The average molecular weight is 240 g/mol. The summed E-state index contributed by atoms with van der Waals surface area (Å²) < 4.78 is 23.0. The van der Waals surface area contributed by atoms with Crippen molar-refractivity contribution < 1.29 is 13.5 Å². The minimum Gasteiger partial charge on any atom is -0.396 e. The number of benzene rings is 1. The van der Waals surface area contributed by atoms with E-state index in [-0.39, 0.29) is 18.4 Å². The molecule has 0 bridgehead atoms. The molecular formula is C12H16O3S. The molecule has 0 aliphatic heterocycles. The monoisotopic (exact) mass is 240 g/mol. The van der Waals surface area contributed by atoms with E-state index in [0.717, 1.165) is 11.1 Å². The number of aliphatic hydroxyl groups is 1. The summed E-state index contributed by atoms with van der Waals surface area (Å²) in [6, 6.07) is 7.85. The molecule has 1 aliphatic rings. The Labute approximate surface area is 96.0 Å². The number of hydrogen-bond donors (Lipinski definition) is 1. The third kappa shape index (κ3) is 1.99. The van der Waals surface area contributed by atoms with E-state index >= 15 is 0 Å². The summed E-state index contributed by atoms with van der Waals surface area (Å²) in [5.74, 6) is -0.154. The summed E-state index contributed by atoms with van der Waals surface area (Å²) in [7, 11) is -3.06. The maximum absolute atomic E-state index is 11.5. The highest BCUT2D eigenvalue weighted by Crippen LogP contribution is 2.51. The number of aliphatic hydroxyl groups excluding tert-OH is 1. The van der Waals surface area contributed by atoms with Crippen LogP contribution in [0.25, 0.3) is 0 Å². The first kappa shape index (κ1) is 11.6. The van der Waals surface area contributed by atoms with Gasteiger partial charge in [0.15, 0.2) is 9.84 Å². The predicted octanol–water partition coefficient (Wildman–Crippen LogP) is 1.11. The van der Waals surface area contributed by atoms with E-state index in [2.05, 4.69) is 0 Å². The standard InChI is InChI=1S/C12H16O3S/c1-8-3-5-9(6-4-8)11-10(7-13)12(11)16(2,14)15/h3-6,10-13H,7H2,1-2H3/t10-,11-,12-/m0/s1. The largest absolute Gasteiger partial charge is 0.396 e. The van der Waals surface area contributed by atoms with Crippen LogP contribution in [0, 0.1) is 12.8 Å². The summed E-state index contributed by atoms with van der Waals surface area (Å²) >= 11 is 0. The minimum atomic E-state index is -3.06. The molecule has 0 heterocycles. The Kier molecular flexibility index (Phi) is 2.80. The van der Waals surface area contributed by atoms with Gasteiger partial charge in [-0.3, -0.25) is 0 Å². The first-order valence-electron chi connectivity index (χ1n) is 5.31. The van der Waals surface area contributed by atoms with Gasteiger partial charge in [0.05, 0.1) is 5.25 Å². The average Bonchev–Trinajstić information content (AvgIpc) is 2.92. The molecule has 16 heavy (non-hydrogen) atoms. The maximum atomic E-state index is 11.5. The molecule has 3 atom stereocenters. The highest BCUT2D eigenvalue weighted by Gasteiger charge is 2.56. The van der Waals surface area contributed by atoms with Gasteiger partial charge in [-0.05, 0) is 12.5 Å². The molecule has 3 nitrogen and oxygen atoms in total. The zero-order valence-corrected chi connectivity index (χ0v) is 10.2. The summed E-state index contributed by atoms with van der Waals surface area (Å²) in [4.78, 5) is 0. The Balaban J connectivity index is 2.27. The summed E-state index contributed by atoms with van der Waals surface area (Å²) in [5.41, 5.74) is 2.17. The Morgan fingerprint density at radius 3 is 2.19 bits per heavy atom. The topological polar surface area (TPSA) is 54.4 Å². The van der Waals surface area contributed by atoms with Crippen LogP contribution in [-0.2, 0) is 9.84 Å². The number of hydrogen-bond acceptors (Lipinski definition) is 3. The molecule has 1 aromatic carbocycles. The molecule has 1 saturated carbocycles. The second kappa shape index (κ2) is 3.86. The van der Waals surface area contributed by atoms with Crippen LogP contribution in [0.4, 0.5) is 0 Å². The van der Waals surface area contributed by atoms with Crippen LogP contribution < -0.4 is 0 Å². The molecule has 0 aromatic heterocycles. The molecule has 0 spiro atoms. The van der Waals surface area contributed by atoms with E-state index in [9.17, 15) is 8.42 Å². The fourth-order valence-corrected chi connectivity index (χ4v) is 4.06. The second-order valence-corrected chi connectivity index (χ2v) is 6.78. The smallest absolute Gasteiger partial charge is 0.151 e. The summed E-state index contributed by atoms with van der Waals surface area (Å²) in [6.45, 7) is 1.94. The molecule has 88 valence electrons. The fraction of sp³-hybridized carbons (Fsp3) is 0.500.